The van der Waals surface area contributed by atoms with Crippen LogP contribution in [0.4, 0.5) is 18.9 Å². The van der Waals surface area contributed by atoms with E-state index in [9.17, 15) is 27.9 Å². The Kier molecular flexibility index (Phi) is 7.32. The molecule has 2 aliphatic rings. The summed E-state index contributed by atoms with van der Waals surface area (Å²) in [6, 6.07) is 4.89. The number of anilines is 1. The minimum atomic E-state index is -4.54. The highest BCUT2D eigenvalue weighted by molar-refractivity contribution is 5.93. The Morgan fingerprint density at radius 1 is 0.967 bits per heavy atom. The van der Waals surface area contributed by atoms with Gasteiger partial charge in [0.15, 0.2) is 0 Å². The summed E-state index contributed by atoms with van der Waals surface area (Å²) in [4.78, 5) is 30.3. The Bertz CT molecular complexity index is 743. The van der Waals surface area contributed by atoms with E-state index in [2.05, 4.69) is 5.32 Å². The molecule has 0 unspecified atom stereocenters. The van der Waals surface area contributed by atoms with Gasteiger partial charge in [0.2, 0.25) is 11.8 Å². The average molecular weight is 428 g/mol. The number of rotatable bonds is 5. The van der Waals surface area contributed by atoms with Crippen molar-refractivity contribution in [2.45, 2.75) is 25.1 Å². The van der Waals surface area contributed by atoms with Crippen LogP contribution in [0, 0.1) is 0 Å². The summed E-state index contributed by atoms with van der Waals surface area (Å²) in [6.07, 6.45) is -3.47. The number of piperazine rings is 1. The quantitative estimate of drug-likeness (QED) is 0.738. The summed E-state index contributed by atoms with van der Waals surface area (Å²) in [5, 5.41) is 11.9. The maximum Gasteiger partial charge on any atom is 0.418 e. The molecular formula is C20H27F3N4O3. The molecule has 2 amide bonds. The lowest BCUT2D eigenvalue weighted by atomic mass is 10.1. The minimum absolute atomic E-state index is 0.0228. The predicted octanol–water partition coefficient (Wildman–Crippen LogP) is 1.24. The van der Waals surface area contributed by atoms with Gasteiger partial charge >= 0.3 is 6.18 Å². The van der Waals surface area contributed by atoms with Crippen molar-refractivity contribution in [2.75, 3.05) is 57.7 Å². The number of likely N-dealkylation sites (tertiary alicyclic amines) is 1. The normalized spacial score (nSPS) is 19.7. The molecule has 1 aromatic rings. The number of aliphatic hydroxyl groups is 1. The maximum atomic E-state index is 13.0. The van der Waals surface area contributed by atoms with Crippen LogP contribution < -0.4 is 5.32 Å². The summed E-state index contributed by atoms with van der Waals surface area (Å²) in [7, 11) is 0. The van der Waals surface area contributed by atoms with E-state index in [1.807, 2.05) is 9.80 Å². The number of hydrogen-bond donors (Lipinski definition) is 2. The highest BCUT2D eigenvalue weighted by Gasteiger charge is 2.33. The van der Waals surface area contributed by atoms with Crippen molar-refractivity contribution < 1.29 is 27.9 Å². The molecule has 2 N–H and O–H groups in total. The zero-order valence-corrected chi connectivity index (χ0v) is 16.7. The number of alkyl halides is 3. The monoisotopic (exact) mass is 428 g/mol. The smallest absolute Gasteiger partial charge is 0.393 e. The van der Waals surface area contributed by atoms with Crippen LogP contribution in [0.15, 0.2) is 24.3 Å². The third kappa shape index (κ3) is 6.16. The molecule has 166 valence electrons. The molecule has 2 aliphatic heterocycles. The van der Waals surface area contributed by atoms with Crippen LogP contribution in [0.25, 0.3) is 0 Å². The van der Waals surface area contributed by atoms with Crippen LogP contribution in [-0.4, -0.2) is 90.1 Å². The largest absolute Gasteiger partial charge is 0.418 e. The second-order valence-electron chi connectivity index (χ2n) is 7.76. The number of aliphatic hydroxyl groups excluding tert-OH is 1. The fraction of sp³-hybridized carbons (Fsp3) is 0.600. The van der Waals surface area contributed by atoms with Crippen LogP contribution in [0.2, 0.25) is 0 Å². The van der Waals surface area contributed by atoms with Gasteiger partial charge in [0.25, 0.3) is 0 Å². The summed E-state index contributed by atoms with van der Waals surface area (Å²) in [5.41, 5.74) is -1.13. The van der Waals surface area contributed by atoms with Gasteiger partial charge in [-0.15, -0.1) is 0 Å². The van der Waals surface area contributed by atoms with Crippen LogP contribution in [0.1, 0.15) is 18.4 Å². The first-order chi connectivity index (χ1) is 14.2. The molecule has 2 saturated heterocycles. The van der Waals surface area contributed by atoms with Crippen LogP contribution in [0.5, 0.6) is 0 Å². The van der Waals surface area contributed by atoms with Gasteiger partial charge in [0.05, 0.1) is 30.4 Å². The van der Waals surface area contributed by atoms with Crippen molar-refractivity contribution in [2.24, 2.45) is 0 Å². The summed E-state index contributed by atoms with van der Waals surface area (Å²) >= 11 is 0. The Hall–Kier alpha value is -2.17. The topological polar surface area (TPSA) is 76.1 Å². The molecule has 0 saturated carbocycles. The highest BCUT2D eigenvalue weighted by Crippen LogP contribution is 2.34. The van der Waals surface area contributed by atoms with E-state index in [-0.39, 0.29) is 24.2 Å². The molecule has 2 fully saturated rings. The average Bonchev–Trinajstić information content (AvgIpc) is 2.70. The first kappa shape index (κ1) is 22.5. The Balaban J connectivity index is 1.43. The number of nitrogens with one attached hydrogen (secondary N) is 1. The molecule has 0 atom stereocenters. The van der Waals surface area contributed by atoms with Gasteiger partial charge < -0.3 is 15.3 Å². The molecule has 7 nitrogen and oxygen atoms in total. The number of halogens is 3. The van der Waals surface area contributed by atoms with E-state index >= 15 is 0 Å². The third-order valence-electron chi connectivity index (χ3n) is 5.51. The Morgan fingerprint density at radius 3 is 2.20 bits per heavy atom. The van der Waals surface area contributed by atoms with Gasteiger partial charge in [-0.3, -0.25) is 19.4 Å². The van der Waals surface area contributed by atoms with Crippen molar-refractivity contribution in [3.63, 3.8) is 0 Å². The van der Waals surface area contributed by atoms with Gasteiger partial charge in [-0.2, -0.15) is 13.2 Å². The summed E-state index contributed by atoms with van der Waals surface area (Å²) in [5.74, 6) is -0.493. The summed E-state index contributed by atoms with van der Waals surface area (Å²) in [6.45, 7) is 3.61. The number of benzene rings is 1. The van der Waals surface area contributed by atoms with E-state index in [1.165, 1.54) is 18.2 Å². The van der Waals surface area contributed by atoms with Gasteiger partial charge in [0, 0.05) is 39.3 Å². The van der Waals surface area contributed by atoms with Crippen LogP contribution >= 0.6 is 0 Å². The van der Waals surface area contributed by atoms with Gasteiger partial charge in [-0.05, 0) is 25.0 Å². The second-order valence-corrected chi connectivity index (χ2v) is 7.76. The number of piperidine rings is 1. The van der Waals surface area contributed by atoms with Gasteiger partial charge in [-0.1, -0.05) is 12.1 Å². The number of carbonyl (C=O) groups excluding carboxylic acids is 2. The van der Waals surface area contributed by atoms with E-state index in [0.29, 0.717) is 58.7 Å². The van der Waals surface area contributed by atoms with E-state index in [1.54, 1.807) is 4.90 Å². The van der Waals surface area contributed by atoms with Crippen molar-refractivity contribution in [1.29, 1.82) is 0 Å². The number of para-hydroxylation sites is 1. The number of carbonyl (C=O) groups is 2. The molecular weight excluding hydrogens is 401 g/mol. The predicted molar refractivity (Wildman–Crippen MR) is 105 cm³/mol. The van der Waals surface area contributed by atoms with E-state index in [4.69, 9.17) is 0 Å². The molecule has 0 aromatic heterocycles. The number of nitrogens with zero attached hydrogens (tertiary/aromatic N) is 3. The lowest BCUT2D eigenvalue weighted by Crippen LogP contribution is -2.53. The first-order valence-electron chi connectivity index (χ1n) is 10.1. The minimum Gasteiger partial charge on any atom is -0.393 e. The van der Waals surface area contributed by atoms with Crippen LogP contribution in [-0.2, 0) is 15.8 Å². The van der Waals surface area contributed by atoms with Crippen molar-refractivity contribution in [3.05, 3.63) is 29.8 Å². The molecule has 3 rings (SSSR count). The highest BCUT2D eigenvalue weighted by atomic mass is 19.4. The third-order valence-corrected chi connectivity index (χ3v) is 5.51. The van der Waals surface area contributed by atoms with Crippen molar-refractivity contribution >= 4 is 17.5 Å². The molecule has 2 heterocycles. The zero-order valence-electron chi connectivity index (χ0n) is 16.7. The molecule has 1 aromatic carbocycles. The maximum absolute atomic E-state index is 13.0. The van der Waals surface area contributed by atoms with Gasteiger partial charge in [0.1, 0.15) is 0 Å². The molecule has 0 radical (unpaired) electrons. The standard InChI is InChI=1S/C20H27F3N4O3/c21-20(22,23)16-3-1-2-4-17(16)24-18(29)13-26-9-11-27(12-10-26)19(30)14-25-7-5-15(28)6-8-25/h1-4,15,28H,5-14H2,(H,24,29). The molecule has 0 spiro atoms. The first-order valence-corrected chi connectivity index (χ1v) is 10.1. The van der Waals surface area contributed by atoms with Gasteiger partial charge in [-0.25, -0.2) is 0 Å². The Labute approximate surface area is 173 Å². The fourth-order valence-corrected chi connectivity index (χ4v) is 3.76. The van der Waals surface area contributed by atoms with E-state index in [0.717, 1.165) is 6.07 Å². The number of amides is 2. The SMILES string of the molecule is O=C(CN1CCN(C(=O)CN2CCC(O)CC2)CC1)Nc1ccccc1C(F)(F)F. The molecule has 30 heavy (non-hydrogen) atoms. The zero-order chi connectivity index (χ0) is 21.7. The summed E-state index contributed by atoms with van der Waals surface area (Å²) < 4.78 is 39.1. The Morgan fingerprint density at radius 2 is 1.57 bits per heavy atom. The van der Waals surface area contributed by atoms with Crippen molar-refractivity contribution in [1.82, 2.24) is 14.7 Å². The fourth-order valence-electron chi connectivity index (χ4n) is 3.76. The lowest BCUT2D eigenvalue weighted by Gasteiger charge is -2.36. The number of hydrogen-bond acceptors (Lipinski definition) is 5. The van der Waals surface area contributed by atoms with E-state index < -0.39 is 17.6 Å². The second kappa shape index (κ2) is 9.76. The van der Waals surface area contributed by atoms with Crippen LogP contribution in [0.3, 0.4) is 0 Å². The molecule has 10 heteroatoms. The molecule has 0 bridgehead atoms. The molecule has 0 aliphatic carbocycles. The van der Waals surface area contributed by atoms with Crippen molar-refractivity contribution in [3.8, 4) is 0 Å². The lowest BCUT2D eigenvalue weighted by molar-refractivity contribution is -0.137.